The third-order valence-electron chi connectivity index (χ3n) is 1.44. The van der Waals surface area contributed by atoms with Crippen LogP contribution in [0.2, 0.25) is 0 Å². The summed E-state index contributed by atoms with van der Waals surface area (Å²) in [6.45, 7) is 1.54. The van der Waals surface area contributed by atoms with E-state index in [1.54, 1.807) is 0 Å². The molecule has 10 heavy (non-hydrogen) atoms. The number of ether oxygens (including phenoxy) is 1. The molecule has 54 valence electrons. The maximum Gasteiger partial charge on any atom is 0.203 e. The Morgan fingerprint density at radius 1 is 1.50 bits per heavy atom. The van der Waals surface area contributed by atoms with Crippen LogP contribution in [0.1, 0.15) is 10.9 Å². The second kappa shape index (κ2) is 2.17. The van der Waals surface area contributed by atoms with E-state index >= 15 is 0 Å². The Labute approximate surface area is 62.0 Å². The number of anilines is 1. The van der Waals surface area contributed by atoms with Crippen LogP contribution in [0.15, 0.2) is 0 Å². The molecule has 0 radical (unpaired) electrons. The van der Waals surface area contributed by atoms with Gasteiger partial charge in [-0.1, -0.05) is 11.3 Å². The lowest BCUT2D eigenvalue weighted by atomic mass is 10.1. The lowest BCUT2D eigenvalue weighted by Gasteiger charge is -2.22. The summed E-state index contributed by atoms with van der Waals surface area (Å²) in [6.07, 6.45) is 0. The number of nitrogens with two attached hydrogens (primary N) is 1. The lowest BCUT2D eigenvalue weighted by molar-refractivity contribution is 0.00809. The van der Waals surface area contributed by atoms with Gasteiger partial charge in [-0.2, -0.15) is 0 Å². The summed E-state index contributed by atoms with van der Waals surface area (Å²) < 4.78 is 5.00. The van der Waals surface area contributed by atoms with Gasteiger partial charge in [0.15, 0.2) is 0 Å². The van der Waals surface area contributed by atoms with E-state index in [9.17, 15) is 0 Å². The topological polar surface area (TPSA) is 61.0 Å². The number of rotatable bonds is 1. The zero-order valence-electron chi connectivity index (χ0n) is 5.28. The minimum atomic E-state index is 0.454. The molecule has 1 aromatic heterocycles. The Kier molecular flexibility index (Phi) is 1.32. The second-order valence-electron chi connectivity index (χ2n) is 2.21. The number of hydrogen-bond donors (Lipinski definition) is 1. The number of nitrogens with zero attached hydrogens (tertiary/aromatic N) is 2. The maximum absolute atomic E-state index is 5.40. The molecule has 1 fully saturated rings. The van der Waals surface area contributed by atoms with Crippen molar-refractivity contribution < 1.29 is 4.74 Å². The summed E-state index contributed by atoms with van der Waals surface area (Å²) in [6, 6.07) is 0. The van der Waals surface area contributed by atoms with Crippen LogP contribution in [-0.2, 0) is 4.74 Å². The summed E-state index contributed by atoms with van der Waals surface area (Å²) >= 11 is 1.45. The van der Waals surface area contributed by atoms with E-state index in [0.717, 1.165) is 18.2 Å². The Morgan fingerprint density at radius 3 is 2.70 bits per heavy atom. The van der Waals surface area contributed by atoms with Crippen LogP contribution in [0, 0.1) is 0 Å². The van der Waals surface area contributed by atoms with Crippen LogP contribution in [-0.4, -0.2) is 23.4 Å². The highest BCUT2D eigenvalue weighted by molar-refractivity contribution is 7.15. The molecule has 0 aromatic carbocycles. The molecule has 0 amide bonds. The first kappa shape index (κ1) is 6.06. The van der Waals surface area contributed by atoms with Gasteiger partial charge in [0.1, 0.15) is 5.01 Å². The predicted octanol–water partition coefficient (Wildman–Crippen LogP) is 0.234. The average molecular weight is 157 g/mol. The monoisotopic (exact) mass is 157 g/mol. The molecule has 1 saturated heterocycles. The highest BCUT2D eigenvalue weighted by atomic mass is 32.1. The molecule has 2 heterocycles. The van der Waals surface area contributed by atoms with Crippen molar-refractivity contribution in [2.24, 2.45) is 0 Å². The van der Waals surface area contributed by atoms with Crippen molar-refractivity contribution in [3.63, 3.8) is 0 Å². The lowest BCUT2D eigenvalue weighted by Crippen LogP contribution is -2.24. The Balaban J connectivity index is 2.17. The summed E-state index contributed by atoms with van der Waals surface area (Å²) in [5.41, 5.74) is 5.40. The molecular weight excluding hydrogens is 150 g/mol. The first-order valence-electron chi connectivity index (χ1n) is 3.03. The van der Waals surface area contributed by atoms with Crippen LogP contribution in [0.5, 0.6) is 0 Å². The van der Waals surface area contributed by atoms with Gasteiger partial charge >= 0.3 is 0 Å². The summed E-state index contributed by atoms with van der Waals surface area (Å²) in [5, 5.41) is 9.16. The van der Waals surface area contributed by atoms with Crippen molar-refractivity contribution in [2.75, 3.05) is 18.9 Å². The molecule has 0 unspecified atom stereocenters. The van der Waals surface area contributed by atoms with Crippen LogP contribution in [0.4, 0.5) is 5.13 Å². The fourth-order valence-electron chi connectivity index (χ4n) is 0.790. The van der Waals surface area contributed by atoms with Gasteiger partial charge in [0.2, 0.25) is 5.13 Å². The first-order chi connectivity index (χ1) is 4.86. The van der Waals surface area contributed by atoms with E-state index in [-0.39, 0.29) is 0 Å². The van der Waals surface area contributed by atoms with Crippen molar-refractivity contribution in [3.05, 3.63) is 5.01 Å². The average Bonchev–Trinajstić information content (AvgIpc) is 2.10. The highest BCUT2D eigenvalue weighted by Gasteiger charge is 2.23. The van der Waals surface area contributed by atoms with Crippen molar-refractivity contribution in [2.45, 2.75) is 5.92 Å². The number of hydrogen-bond acceptors (Lipinski definition) is 5. The normalized spacial score (nSPS) is 18.8. The third kappa shape index (κ3) is 0.871. The quantitative estimate of drug-likeness (QED) is 0.634. The molecule has 4 nitrogen and oxygen atoms in total. The molecule has 2 N–H and O–H groups in total. The molecule has 0 aliphatic carbocycles. The van der Waals surface area contributed by atoms with Crippen LogP contribution < -0.4 is 5.73 Å². The molecule has 1 aromatic rings. The molecule has 0 atom stereocenters. The van der Waals surface area contributed by atoms with Gasteiger partial charge in [-0.25, -0.2) is 0 Å². The van der Waals surface area contributed by atoms with Crippen molar-refractivity contribution in [3.8, 4) is 0 Å². The van der Waals surface area contributed by atoms with Gasteiger partial charge in [0.05, 0.1) is 19.1 Å². The van der Waals surface area contributed by atoms with E-state index in [0.29, 0.717) is 11.0 Å². The fraction of sp³-hybridized carbons (Fsp3) is 0.600. The van der Waals surface area contributed by atoms with Crippen LogP contribution in [0.25, 0.3) is 0 Å². The zero-order chi connectivity index (χ0) is 6.97. The van der Waals surface area contributed by atoms with Gasteiger partial charge in [-0.3, -0.25) is 0 Å². The summed E-state index contributed by atoms with van der Waals surface area (Å²) in [5.74, 6) is 0.454. The van der Waals surface area contributed by atoms with Crippen molar-refractivity contribution in [1.29, 1.82) is 0 Å². The Hall–Kier alpha value is -0.680. The van der Waals surface area contributed by atoms with Crippen LogP contribution in [0.3, 0.4) is 0 Å². The predicted molar refractivity (Wildman–Crippen MR) is 37.9 cm³/mol. The number of aromatic nitrogens is 2. The van der Waals surface area contributed by atoms with Gasteiger partial charge < -0.3 is 10.5 Å². The van der Waals surface area contributed by atoms with Gasteiger partial charge in [-0.05, 0) is 0 Å². The van der Waals surface area contributed by atoms with Gasteiger partial charge in [-0.15, -0.1) is 10.2 Å². The molecule has 0 bridgehead atoms. The summed E-state index contributed by atoms with van der Waals surface area (Å²) in [7, 11) is 0. The van der Waals surface area contributed by atoms with E-state index in [4.69, 9.17) is 10.5 Å². The Bertz CT molecular complexity index is 233. The minimum absolute atomic E-state index is 0.454. The summed E-state index contributed by atoms with van der Waals surface area (Å²) in [4.78, 5) is 0. The van der Waals surface area contributed by atoms with Gasteiger partial charge in [0, 0.05) is 0 Å². The van der Waals surface area contributed by atoms with E-state index < -0.39 is 0 Å². The second-order valence-corrected chi connectivity index (χ2v) is 3.25. The third-order valence-corrected chi connectivity index (χ3v) is 2.36. The van der Waals surface area contributed by atoms with E-state index in [1.165, 1.54) is 11.3 Å². The largest absolute Gasteiger partial charge is 0.380 e. The smallest absolute Gasteiger partial charge is 0.203 e. The molecule has 0 spiro atoms. The van der Waals surface area contributed by atoms with Crippen molar-refractivity contribution in [1.82, 2.24) is 10.2 Å². The van der Waals surface area contributed by atoms with Crippen molar-refractivity contribution >= 4 is 16.5 Å². The molecular formula is C5H7N3OS. The Morgan fingerprint density at radius 2 is 2.30 bits per heavy atom. The van der Waals surface area contributed by atoms with Gasteiger partial charge in [0.25, 0.3) is 0 Å². The van der Waals surface area contributed by atoms with E-state index in [2.05, 4.69) is 10.2 Å². The molecule has 1 aliphatic rings. The van der Waals surface area contributed by atoms with Crippen LogP contribution >= 0.6 is 11.3 Å². The molecule has 0 saturated carbocycles. The zero-order valence-corrected chi connectivity index (χ0v) is 6.10. The minimum Gasteiger partial charge on any atom is -0.380 e. The number of nitrogen functional groups attached to an aromatic ring is 1. The molecule has 5 heteroatoms. The van der Waals surface area contributed by atoms with E-state index in [1.807, 2.05) is 0 Å². The molecule has 1 aliphatic heterocycles. The fourth-order valence-corrected chi connectivity index (χ4v) is 1.47. The molecule has 2 rings (SSSR count). The first-order valence-corrected chi connectivity index (χ1v) is 3.84. The maximum atomic E-state index is 5.40. The standard InChI is InChI=1S/C5H7N3OS/c6-5-8-7-4(10-5)3-1-9-2-3/h3H,1-2H2,(H2,6,8). The highest BCUT2D eigenvalue weighted by Crippen LogP contribution is 2.26. The SMILES string of the molecule is Nc1nnc(C2COC2)s1.